The van der Waals surface area contributed by atoms with Gasteiger partial charge in [-0.15, -0.1) is 0 Å². The van der Waals surface area contributed by atoms with Crippen LogP contribution in [0.25, 0.3) is 5.83 Å². The van der Waals surface area contributed by atoms with E-state index in [0.29, 0.717) is 29.8 Å². The first-order valence-corrected chi connectivity index (χ1v) is 10.3. The van der Waals surface area contributed by atoms with Gasteiger partial charge < -0.3 is 9.73 Å². The van der Waals surface area contributed by atoms with Crippen LogP contribution in [-0.4, -0.2) is 10.8 Å². The maximum Gasteiger partial charge on any atom is 0.300 e. The van der Waals surface area contributed by atoms with Gasteiger partial charge in [0.05, 0.1) is 5.69 Å². The third-order valence-corrected chi connectivity index (χ3v) is 4.27. The standard InChI is InChI=1S/C17H16F2N2O2.C4H10.C2H6/c1-9-3-5-12(18)8-14(9)21-17-20-13-6-4-11(7-10(2)22)15(19)16(13)23-17;1-3-4-2;1-2/h3,5,8H,4,6-7H2,1-2H3,(H,20,21);3-4H2,1-2H3;1-2H3. The van der Waals surface area contributed by atoms with Crippen LogP contribution < -0.4 is 5.32 Å². The summed E-state index contributed by atoms with van der Waals surface area (Å²) in [4.78, 5) is 15.4. The number of benzene rings is 1. The van der Waals surface area contributed by atoms with E-state index in [2.05, 4.69) is 24.1 Å². The minimum atomic E-state index is -0.516. The summed E-state index contributed by atoms with van der Waals surface area (Å²) < 4.78 is 33.2. The zero-order valence-corrected chi connectivity index (χ0v) is 18.3. The molecule has 0 bridgehead atoms. The quantitative estimate of drug-likeness (QED) is 0.566. The van der Waals surface area contributed by atoms with Crippen molar-refractivity contribution in [3.63, 3.8) is 0 Å². The SMILES string of the molecule is CC.CC(=O)CC1=C(F)c2oc(Nc3cc(F)ccc3C)nc2CC1.CCCC. The fourth-order valence-corrected chi connectivity index (χ4v) is 2.60. The number of fused-ring (bicyclic) bond motifs is 1. The molecular weight excluding hydrogens is 374 g/mol. The van der Waals surface area contributed by atoms with E-state index in [4.69, 9.17) is 4.42 Å². The number of nitrogens with one attached hydrogen (secondary N) is 1. The number of oxazole rings is 1. The first kappa shape index (κ1) is 24.5. The van der Waals surface area contributed by atoms with Crippen molar-refractivity contribution < 1.29 is 18.0 Å². The lowest BCUT2D eigenvalue weighted by Gasteiger charge is -2.11. The van der Waals surface area contributed by atoms with Gasteiger partial charge in [0, 0.05) is 12.1 Å². The maximum atomic E-state index is 14.4. The van der Waals surface area contributed by atoms with Gasteiger partial charge in [-0.3, -0.25) is 4.79 Å². The molecule has 0 amide bonds. The van der Waals surface area contributed by atoms with Crippen molar-refractivity contribution in [2.24, 2.45) is 0 Å². The number of hydrogen-bond donors (Lipinski definition) is 1. The number of hydrogen-bond acceptors (Lipinski definition) is 4. The molecule has 0 saturated carbocycles. The van der Waals surface area contributed by atoms with E-state index >= 15 is 0 Å². The summed E-state index contributed by atoms with van der Waals surface area (Å²) in [5.74, 6) is -0.932. The van der Waals surface area contributed by atoms with E-state index < -0.39 is 5.83 Å². The van der Waals surface area contributed by atoms with E-state index in [1.807, 2.05) is 20.8 Å². The van der Waals surface area contributed by atoms with Gasteiger partial charge >= 0.3 is 0 Å². The predicted octanol–water partition coefficient (Wildman–Crippen LogP) is 7.30. The summed E-state index contributed by atoms with van der Waals surface area (Å²) in [6.07, 6.45) is 3.68. The van der Waals surface area contributed by atoms with E-state index in [0.717, 1.165) is 5.56 Å². The molecule has 0 radical (unpaired) electrons. The number of carbonyl (C=O) groups excluding carboxylic acids is 1. The van der Waals surface area contributed by atoms with E-state index in [-0.39, 0.29) is 29.8 Å². The number of allylic oxidation sites excluding steroid dienone is 1. The number of halogens is 2. The lowest BCUT2D eigenvalue weighted by atomic mass is 9.96. The van der Waals surface area contributed by atoms with Gasteiger partial charge in [0.1, 0.15) is 11.6 Å². The molecule has 1 aliphatic carbocycles. The summed E-state index contributed by atoms with van der Waals surface area (Å²) in [7, 11) is 0. The minimum Gasteiger partial charge on any atom is -0.421 e. The average molecular weight is 407 g/mol. The number of unbranched alkanes of at least 4 members (excludes halogenated alkanes) is 1. The number of carbonyl (C=O) groups is 1. The second kappa shape index (κ2) is 12.1. The monoisotopic (exact) mass is 406 g/mol. The second-order valence-electron chi connectivity index (χ2n) is 6.68. The van der Waals surface area contributed by atoms with Gasteiger partial charge in [0.25, 0.3) is 6.01 Å². The third-order valence-electron chi connectivity index (χ3n) is 4.27. The van der Waals surface area contributed by atoms with Crippen LogP contribution in [0.1, 0.15) is 77.3 Å². The molecule has 1 aromatic carbocycles. The molecule has 0 spiro atoms. The van der Waals surface area contributed by atoms with Gasteiger partial charge in [0.15, 0.2) is 11.6 Å². The molecule has 1 aromatic heterocycles. The third kappa shape index (κ3) is 7.11. The Hall–Kier alpha value is -2.50. The molecule has 160 valence electrons. The van der Waals surface area contributed by atoms with Crippen LogP contribution in [0, 0.1) is 12.7 Å². The Morgan fingerprint density at radius 1 is 1.17 bits per heavy atom. The molecule has 1 N–H and O–H groups in total. The van der Waals surface area contributed by atoms with Gasteiger partial charge in [-0.25, -0.2) is 8.78 Å². The topological polar surface area (TPSA) is 55.1 Å². The molecule has 29 heavy (non-hydrogen) atoms. The van der Waals surface area contributed by atoms with Crippen LogP contribution in [0.3, 0.4) is 0 Å². The number of anilines is 2. The van der Waals surface area contributed by atoms with Crippen molar-refractivity contribution in [3.05, 3.63) is 46.6 Å². The van der Waals surface area contributed by atoms with E-state index in [9.17, 15) is 13.6 Å². The van der Waals surface area contributed by atoms with Crippen LogP contribution in [0.15, 0.2) is 28.2 Å². The molecule has 1 heterocycles. The number of aromatic nitrogens is 1. The molecule has 4 nitrogen and oxygen atoms in total. The highest BCUT2D eigenvalue weighted by Gasteiger charge is 2.26. The predicted molar refractivity (Wildman–Crippen MR) is 114 cm³/mol. The zero-order chi connectivity index (χ0) is 22.0. The fraction of sp³-hybridized carbons (Fsp3) is 0.478. The number of rotatable bonds is 5. The second-order valence-corrected chi connectivity index (χ2v) is 6.68. The molecule has 0 unspecified atom stereocenters. The molecule has 0 aliphatic heterocycles. The van der Waals surface area contributed by atoms with Crippen molar-refractivity contribution in [2.75, 3.05) is 5.32 Å². The van der Waals surface area contributed by atoms with Gasteiger partial charge in [-0.1, -0.05) is 46.6 Å². The van der Waals surface area contributed by atoms with Gasteiger partial charge in [-0.2, -0.15) is 4.98 Å². The molecule has 6 heteroatoms. The van der Waals surface area contributed by atoms with Gasteiger partial charge in [-0.05, 0) is 50.0 Å². The number of nitrogens with zero attached hydrogens (tertiary/aromatic N) is 1. The van der Waals surface area contributed by atoms with Gasteiger partial charge in [0.2, 0.25) is 0 Å². The minimum absolute atomic E-state index is 0.0593. The van der Waals surface area contributed by atoms with Crippen molar-refractivity contribution in [3.8, 4) is 0 Å². The average Bonchev–Trinajstić information content (AvgIpc) is 3.12. The first-order valence-electron chi connectivity index (χ1n) is 10.3. The van der Waals surface area contributed by atoms with E-state index in [1.54, 1.807) is 6.07 Å². The lowest BCUT2D eigenvalue weighted by molar-refractivity contribution is -0.116. The summed E-state index contributed by atoms with van der Waals surface area (Å²) in [6.45, 7) is 11.6. The zero-order valence-electron chi connectivity index (χ0n) is 18.3. The summed E-state index contributed by atoms with van der Waals surface area (Å²) >= 11 is 0. The van der Waals surface area contributed by atoms with Crippen LogP contribution in [0.4, 0.5) is 20.5 Å². The Bertz CT molecular complexity index is 839. The fourth-order valence-electron chi connectivity index (χ4n) is 2.60. The smallest absolute Gasteiger partial charge is 0.300 e. The Morgan fingerprint density at radius 3 is 2.41 bits per heavy atom. The first-order chi connectivity index (χ1) is 13.8. The molecule has 1 aliphatic rings. The maximum absolute atomic E-state index is 14.4. The van der Waals surface area contributed by atoms with Crippen LogP contribution >= 0.6 is 0 Å². The summed E-state index contributed by atoms with van der Waals surface area (Å²) in [5, 5.41) is 2.87. The van der Waals surface area contributed by atoms with Crippen molar-refractivity contribution in [2.45, 2.75) is 73.6 Å². The molecule has 3 rings (SSSR count). The Morgan fingerprint density at radius 2 is 1.83 bits per heavy atom. The largest absolute Gasteiger partial charge is 0.421 e. The Labute approximate surface area is 172 Å². The highest BCUT2D eigenvalue weighted by Crippen LogP contribution is 2.36. The molecular formula is C23H32F2N2O2. The number of aryl methyl sites for hydroxylation is 2. The van der Waals surface area contributed by atoms with Crippen LogP contribution in [0.2, 0.25) is 0 Å². The Kier molecular flexibility index (Phi) is 10.3. The molecule has 0 atom stereocenters. The highest BCUT2D eigenvalue weighted by atomic mass is 19.1. The van der Waals surface area contributed by atoms with Crippen molar-refractivity contribution in [1.29, 1.82) is 0 Å². The highest BCUT2D eigenvalue weighted by molar-refractivity contribution is 5.81. The normalized spacial score (nSPS) is 12.3. The van der Waals surface area contributed by atoms with Crippen molar-refractivity contribution in [1.82, 2.24) is 4.98 Å². The molecule has 2 aromatic rings. The molecule has 0 saturated heterocycles. The van der Waals surface area contributed by atoms with Crippen LogP contribution in [-0.2, 0) is 11.2 Å². The number of Topliss-reactive ketones (excluding diaryl/α,β-unsaturated/α-hetero) is 1. The van der Waals surface area contributed by atoms with Crippen molar-refractivity contribution >= 4 is 23.3 Å². The lowest BCUT2D eigenvalue weighted by Crippen LogP contribution is -2.04. The summed E-state index contributed by atoms with van der Waals surface area (Å²) in [6, 6.07) is 4.43. The molecule has 0 fully saturated rings. The Balaban J connectivity index is 0.000000627. The number of ketones is 1. The van der Waals surface area contributed by atoms with Crippen LogP contribution in [0.5, 0.6) is 0 Å². The summed E-state index contributed by atoms with van der Waals surface area (Å²) in [5.41, 5.74) is 2.27. The van der Waals surface area contributed by atoms with E-state index in [1.165, 1.54) is 31.9 Å².